The molecule has 96 valence electrons. The van der Waals surface area contributed by atoms with E-state index in [0.717, 1.165) is 17.3 Å². The molecule has 0 fully saturated rings. The summed E-state index contributed by atoms with van der Waals surface area (Å²) in [5.41, 5.74) is 6.05. The van der Waals surface area contributed by atoms with Gasteiger partial charge in [-0.15, -0.1) is 0 Å². The lowest BCUT2D eigenvalue weighted by Crippen LogP contribution is -3.00. The average Bonchev–Trinajstić information content (AvgIpc) is 2.76. The van der Waals surface area contributed by atoms with Gasteiger partial charge in [-0.1, -0.05) is 28.5 Å². The van der Waals surface area contributed by atoms with Crippen molar-refractivity contribution in [3.8, 4) is 11.4 Å². The number of hydrogen-bond acceptors (Lipinski definition) is 5. The van der Waals surface area contributed by atoms with E-state index in [0.29, 0.717) is 22.5 Å². The lowest BCUT2D eigenvalue weighted by atomic mass is 10.2. The molecule has 0 spiro atoms. The normalized spacial score (nSPS) is 9.83. The van der Waals surface area contributed by atoms with Crippen LogP contribution in [0, 0.1) is 5.41 Å². The van der Waals surface area contributed by atoms with Crippen LogP contribution >= 0.6 is 23.4 Å². The highest BCUT2D eigenvalue weighted by atomic mass is 35.5. The highest BCUT2D eigenvalue weighted by molar-refractivity contribution is 8.12. The second-order valence-corrected chi connectivity index (χ2v) is 4.63. The van der Waals surface area contributed by atoms with E-state index in [9.17, 15) is 0 Å². The minimum atomic E-state index is 0. The number of halogens is 2. The summed E-state index contributed by atoms with van der Waals surface area (Å²) in [6, 6.07) is 7.15. The third kappa shape index (κ3) is 3.90. The largest absolute Gasteiger partial charge is 1.00 e. The fourth-order valence-corrected chi connectivity index (χ4v) is 1.69. The van der Waals surface area contributed by atoms with Crippen LogP contribution in [0.4, 0.5) is 0 Å². The van der Waals surface area contributed by atoms with E-state index in [-0.39, 0.29) is 17.6 Å². The second-order valence-electron chi connectivity index (χ2n) is 3.17. The topological polar surface area (TPSA) is 88.8 Å². The molecule has 0 aliphatic rings. The summed E-state index contributed by atoms with van der Waals surface area (Å²) >= 11 is 6.92. The highest BCUT2D eigenvalue weighted by Gasteiger charge is 2.08. The van der Waals surface area contributed by atoms with Crippen molar-refractivity contribution in [1.29, 1.82) is 5.41 Å². The molecular formula is C10H9Cl2N4OS-. The van der Waals surface area contributed by atoms with E-state index in [1.807, 2.05) is 12.1 Å². The Balaban J connectivity index is 0.00000162. The molecule has 1 aromatic heterocycles. The van der Waals surface area contributed by atoms with E-state index in [1.54, 1.807) is 12.1 Å². The number of nitrogens with two attached hydrogens (primary N) is 1. The van der Waals surface area contributed by atoms with Crippen LogP contribution in [0.3, 0.4) is 0 Å². The molecule has 3 N–H and O–H groups in total. The Morgan fingerprint density at radius 1 is 1.39 bits per heavy atom. The van der Waals surface area contributed by atoms with Crippen molar-refractivity contribution in [1.82, 2.24) is 10.1 Å². The number of aromatic nitrogens is 2. The van der Waals surface area contributed by atoms with Crippen LogP contribution < -0.4 is 18.1 Å². The van der Waals surface area contributed by atoms with Crippen LogP contribution in [0.15, 0.2) is 28.8 Å². The first-order valence-electron chi connectivity index (χ1n) is 4.70. The van der Waals surface area contributed by atoms with E-state index in [1.165, 1.54) is 0 Å². The van der Waals surface area contributed by atoms with Crippen molar-refractivity contribution in [2.75, 3.05) is 0 Å². The van der Waals surface area contributed by atoms with Gasteiger partial charge in [-0.25, -0.2) is 0 Å². The lowest BCUT2D eigenvalue weighted by Gasteiger charge is -1.93. The zero-order valence-electron chi connectivity index (χ0n) is 9.06. The summed E-state index contributed by atoms with van der Waals surface area (Å²) in [5.74, 6) is 1.34. The van der Waals surface area contributed by atoms with E-state index >= 15 is 0 Å². The van der Waals surface area contributed by atoms with Crippen LogP contribution in [0.2, 0.25) is 5.02 Å². The standard InChI is InChI=1S/C10H9ClN4OS.ClH/c11-7-3-1-6(2-4-7)9-14-8(16-15-9)5-17-10(12)13;/h1-4H,5H2,(H3,12,13);1H/p-1. The Kier molecular flexibility index (Phi) is 5.46. The molecule has 5 nitrogen and oxygen atoms in total. The number of benzene rings is 1. The van der Waals surface area contributed by atoms with Gasteiger partial charge in [0.15, 0.2) is 5.17 Å². The molecule has 8 heteroatoms. The first-order chi connectivity index (χ1) is 8.15. The molecule has 1 heterocycles. The van der Waals surface area contributed by atoms with Crippen LogP contribution in [0.25, 0.3) is 11.4 Å². The van der Waals surface area contributed by atoms with Crippen molar-refractivity contribution in [3.05, 3.63) is 35.2 Å². The third-order valence-corrected chi connectivity index (χ3v) is 2.88. The summed E-state index contributed by atoms with van der Waals surface area (Å²) in [5, 5.41) is 11.6. The molecule has 0 aliphatic carbocycles. The maximum atomic E-state index is 7.07. The van der Waals surface area contributed by atoms with Gasteiger partial charge in [-0.2, -0.15) is 4.98 Å². The molecule has 0 unspecified atom stereocenters. The Hall–Kier alpha value is -1.24. The van der Waals surface area contributed by atoms with Gasteiger partial charge in [0.25, 0.3) is 0 Å². The molecule has 18 heavy (non-hydrogen) atoms. The number of hydrogen-bond donors (Lipinski definition) is 2. The zero-order valence-corrected chi connectivity index (χ0v) is 11.4. The number of nitrogens with zero attached hydrogens (tertiary/aromatic N) is 2. The highest BCUT2D eigenvalue weighted by Crippen LogP contribution is 2.19. The summed E-state index contributed by atoms with van der Waals surface area (Å²) < 4.78 is 5.03. The summed E-state index contributed by atoms with van der Waals surface area (Å²) in [6.07, 6.45) is 0. The van der Waals surface area contributed by atoms with Crippen molar-refractivity contribution in [2.45, 2.75) is 5.75 Å². The van der Waals surface area contributed by atoms with Crippen molar-refractivity contribution < 1.29 is 16.9 Å². The zero-order chi connectivity index (χ0) is 12.3. The minimum absolute atomic E-state index is 0. The number of nitrogens with one attached hydrogen (secondary N) is 1. The monoisotopic (exact) mass is 303 g/mol. The van der Waals surface area contributed by atoms with Gasteiger partial charge in [0.2, 0.25) is 11.7 Å². The Morgan fingerprint density at radius 2 is 2.06 bits per heavy atom. The number of rotatable bonds is 3. The molecule has 0 saturated heterocycles. The maximum absolute atomic E-state index is 7.07. The summed E-state index contributed by atoms with van der Waals surface area (Å²) in [4.78, 5) is 4.19. The molecule has 2 rings (SSSR count). The molecule has 0 aliphatic heterocycles. The summed E-state index contributed by atoms with van der Waals surface area (Å²) in [6.45, 7) is 0. The van der Waals surface area contributed by atoms with Crippen LogP contribution in [-0.4, -0.2) is 15.3 Å². The lowest BCUT2D eigenvalue weighted by molar-refractivity contribution is -0.00000428. The molecule has 0 radical (unpaired) electrons. The average molecular weight is 304 g/mol. The predicted octanol–water partition coefficient (Wildman–Crippen LogP) is -0.479. The Bertz CT molecular complexity index is 529. The molecule has 0 atom stereocenters. The minimum Gasteiger partial charge on any atom is -1.00 e. The fourth-order valence-electron chi connectivity index (χ4n) is 1.17. The van der Waals surface area contributed by atoms with Crippen molar-refractivity contribution in [2.24, 2.45) is 5.73 Å². The Labute approximate surface area is 119 Å². The van der Waals surface area contributed by atoms with Crippen LogP contribution in [-0.2, 0) is 5.75 Å². The van der Waals surface area contributed by atoms with E-state index in [2.05, 4.69) is 10.1 Å². The molecule has 0 saturated carbocycles. The quantitative estimate of drug-likeness (QED) is 0.591. The van der Waals surface area contributed by atoms with Crippen molar-refractivity contribution in [3.63, 3.8) is 0 Å². The van der Waals surface area contributed by atoms with Crippen LogP contribution in [0.5, 0.6) is 0 Å². The van der Waals surface area contributed by atoms with Crippen LogP contribution in [0.1, 0.15) is 5.89 Å². The number of thioether (sulfide) groups is 1. The molecule has 2 aromatic rings. The Morgan fingerprint density at radius 3 is 2.67 bits per heavy atom. The SMILES string of the molecule is N=C(N)SCc1nc(-c2ccc(Cl)cc2)no1.[Cl-]. The first-order valence-corrected chi connectivity index (χ1v) is 6.07. The van der Waals surface area contributed by atoms with Gasteiger partial charge in [-0.05, 0) is 24.3 Å². The van der Waals surface area contributed by atoms with Gasteiger partial charge in [0.05, 0.1) is 5.75 Å². The van der Waals surface area contributed by atoms with Gasteiger partial charge >= 0.3 is 0 Å². The molecule has 0 amide bonds. The van der Waals surface area contributed by atoms with E-state index < -0.39 is 0 Å². The second kappa shape index (κ2) is 6.63. The van der Waals surface area contributed by atoms with E-state index in [4.69, 9.17) is 27.3 Å². The van der Waals surface area contributed by atoms with Gasteiger partial charge in [0.1, 0.15) is 0 Å². The fraction of sp³-hybridized carbons (Fsp3) is 0.100. The van der Waals surface area contributed by atoms with Gasteiger partial charge in [-0.3, -0.25) is 5.41 Å². The molecule has 0 bridgehead atoms. The molecular weight excluding hydrogens is 295 g/mol. The predicted molar refractivity (Wildman–Crippen MR) is 68.0 cm³/mol. The van der Waals surface area contributed by atoms with Gasteiger partial charge in [0, 0.05) is 10.6 Å². The smallest absolute Gasteiger partial charge is 0.237 e. The van der Waals surface area contributed by atoms with Crippen molar-refractivity contribution >= 4 is 28.5 Å². The van der Waals surface area contributed by atoms with Gasteiger partial charge < -0.3 is 22.7 Å². The molecule has 1 aromatic carbocycles. The number of amidine groups is 1. The maximum Gasteiger partial charge on any atom is 0.237 e. The summed E-state index contributed by atoms with van der Waals surface area (Å²) in [7, 11) is 0. The first kappa shape index (κ1) is 14.8. The third-order valence-electron chi connectivity index (χ3n) is 1.92.